The number of ether oxygens (including phenoxy) is 2. The molecule has 7 atom stereocenters. The van der Waals surface area contributed by atoms with E-state index < -0.39 is 41.6 Å². The summed E-state index contributed by atoms with van der Waals surface area (Å²) in [5, 5.41) is 10.9. The lowest BCUT2D eigenvalue weighted by Gasteiger charge is -2.41. The van der Waals surface area contributed by atoms with Crippen LogP contribution in [0.4, 0.5) is 5.69 Å². The monoisotopic (exact) mass is 572 g/mol. The molecule has 9 heteroatoms. The zero-order chi connectivity index (χ0) is 29.2. The molecule has 3 fully saturated rings. The molecule has 3 aliphatic heterocycles. The quantitative estimate of drug-likeness (QED) is 0.213. The number of hydrogen-bond acceptors (Lipinski definition) is 6. The first-order valence-electron chi connectivity index (χ1n) is 14.2. The van der Waals surface area contributed by atoms with E-state index in [9.17, 15) is 19.5 Å². The van der Waals surface area contributed by atoms with Crippen molar-refractivity contribution in [3.8, 4) is 0 Å². The highest BCUT2D eigenvalue weighted by atomic mass is 35.5. The fraction of sp³-hybridized carbons (Fsp3) is 0.581. The molecule has 0 aliphatic carbocycles. The summed E-state index contributed by atoms with van der Waals surface area (Å²) >= 11 is 6.61. The fourth-order valence-electron chi connectivity index (χ4n) is 6.84. The fourth-order valence-corrected chi connectivity index (χ4v) is 7.16. The number of likely N-dealkylation sites (tertiary alicyclic amines) is 1. The average molecular weight is 573 g/mol. The van der Waals surface area contributed by atoms with Crippen molar-refractivity contribution in [2.75, 3.05) is 24.7 Å². The number of halogens is 1. The van der Waals surface area contributed by atoms with Crippen molar-refractivity contribution >= 4 is 35.1 Å². The number of hydrogen-bond donors (Lipinski definition) is 1. The smallest absolute Gasteiger partial charge is 0.312 e. The number of carbonyl (C=O) groups excluding carboxylic acids is 3. The summed E-state index contributed by atoms with van der Waals surface area (Å²) in [6.45, 7) is 13.4. The van der Waals surface area contributed by atoms with Gasteiger partial charge in [-0.1, -0.05) is 56.2 Å². The molecule has 2 amide bonds. The van der Waals surface area contributed by atoms with Crippen molar-refractivity contribution in [3.05, 3.63) is 54.1 Å². The Morgan fingerprint density at radius 3 is 2.73 bits per heavy atom. The number of unbranched alkanes of at least 4 members (excludes halogenated alkanes) is 1. The topological polar surface area (TPSA) is 96.4 Å². The molecule has 8 nitrogen and oxygen atoms in total. The SMILES string of the molecule is C=CCCCOC(=O)[C@@H]1[C@H]2C(=O)N([C@@H](CO)[C@@H](C)CC)C(C(=O)N(CC=C)c3c(C)cccc3Cl)C23CC[C@H]1O3. The van der Waals surface area contributed by atoms with E-state index in [4.69, 9.17) is 21.1 Å². The van der Waals surface area contributed by atoms with Crippen LogP contribution in [-0.2, 0) is 23.9 Å². The Morgan fingerprint density at radius 1 is 1.35 bits per heavy atom. The number of aryl methyl sites for hydroxylation is 1. The molecule has 3 saturated heterocycles. The third-order valence-electron chi connectivity index (χ3n) is 8.92. The number of nitrogens with zero attached hydrogens (tertiary/aromatic N) is 2. The van der Waals surface area contributed by atoms with E-state index in [0.29, 0.717) is 42.8 Å². The second-order valence-electron chi connectivity index (χ2n) is 11.2. The van der Waals surface area contributed by atoms with Gasteiger partial charge in [-0.25, -0.2) is 0 Å². The van der Waals surface area contributed by atoms with Gasteiger partial charge in [0.05, 0.1) is 47.9 Å². The highest BCUT2D eigenvalue weighted by Gasteiger charge is 2.75. The summed E-state index contributed by atoms with van der Waals surface area (Å²) in [5.74, 6) is -2.97. The number of para-hydroxylation sites is 1. The molecule has 3 aliphatic rings. The zero-order valence-corrected chi connectivity index (χ0v) is 24.4. The van der Waals surface area contributed by atoms with E-state index in [0.717, 1.165) is 5.56 Å². The van der Waals surface area contributed by atoms with E-state index in [1.807, 2.05) is 32.9 Å². The Hall–Kier alpha value is -2.68. The minimum absolute atomic E-state index is 0.101. The second-order valence-corrected chi connectivity index (χ2v) is 11.6. The molecule has 40 heavy (non-hydrogen) atoms. The summed E-state index contributed by atoms with van der Waals surface area (Å²) in [6, 6.07) is 3.73. The molecule has 2 bridgehead atoms. The van der Waals surface area contributed by atoms with Gasteiger partial charge in [-0.05, 0) is 50.2 Å². The Kier molecular flexibility index (Phi) is 9.43. The lowest BCUT2D eigenvalue weighted by atomic mass is 9.70. The summed E-state index contributed by atoms with van der Waals surface area (Å²) in [5.41, 5.74) is 0.126. The molecule has 0 aromatic heterocycles. The van der Waals surface area contributed by atoms with Crippen LogP contribution in [0.5, 0.6) is 0 Å². The third-order valence-corrected chi connectivity index (χ3v) is 9.23. The summed E-state index contributed by atoms with van der Waals surface area (Å²) < 4.78 is 12.1. The first-order valence-corrected chi connectivity index (χ1v) is 14.6. The van der Waals surface area contributed by atoms with Crippen molar-refractivity contribution in [1.29, 1.82) is 0 Å². The standard InChI is InChI=1S/C31H41ClN2O6/c1-6-9-10-17-39-30(38)24-23-14-15-31(40-23)25(24)28(36)34(22(18-35)19(4)8-3)27(31)29(37)33(16-7-2)26-20(5)12-11-13-21(26)32/h6-7,11-13,19,22-25,27,35H,1-2,8-10,14-18H2,3-5H3/t19-,22-,23+,24-,25-,27?,31?/m0/s1. The average Bonchev–Trinajstić information content (AvgIpc) is 3.58. The number of benzene rings is 1. The Morgan fingerprint density at radius 2 is 2.10 bits per heavy atom. The van der Waals surface area contributed by atoms with Gasteiger partial charge >= 0.3 is 5.97 Å². The van der Waals surface area contributed by atoms with Gasteiger partial charge < -0.3 is 24.4 Å². The van der Waals surface area contributed by atoms with Crippen LogP contribution < -0.4 is 4.90 Å². The van der Waals surface area contributed by atoms with Gasteiger partial charge in [0, 0.05) is 6.54 Å². The Balaban J connectivity index is 1.80. The van der Waals surface area contributed by atoms with Crippen LogP contribution in [0, 0.1) is 24.7 Å². The van der Waals surface area contributed by atoms with E-state index >= 15 is 0 Å². The van der Waals surface area contributed by atoms with Crippen molar-refractivity contribution in [3.63, 3.8) is 0 Å². The normalized spacial score (nSPS) is 28.2. The summed E-state index contributed by atoms with van der Waals surface area (Å²) in [6.07, 6.45) is 5.89. The highest BCUT2D eigenvalue weighted by molar-refractivity contribution is 6.34. The number of fused-ring (bicyclic) bond motifs is 1. The van der Waals surface area contributed by atoms with Gasteiger partial charge in [0.1, 0.15) is 11.6 Å². The van der Waals surface area contributed by atoms with Crippen LogP contribution in [-0.4, -0.2) is 71.3 Å². The highest BCUT2D eigenvalue weighted by Crippen LogP contribution is 2.59. The molecule has 1 spiro atoms. The number of aliphatic hydroxyl groups excluding tert-OH is 1. The van der Waals surface area contributed by atoms with Crippen molar-refractivity contribution in [1.82, 2.24) is 4.90 Å². The molecule has 3 heterocycles. The molecular weight excluding hydrogens is 532 g/mol. The molecule has 218 valence electrons. The van der Waals surface area contributed by atoms with Gasteiger partial charge in [-0.2, -0.15) is 0 Å². The Bertz CT molecular complexity index is 1140. The molecule has 2 unspecified atom stereocenters. The molecule has 1 aromatic rings. The number of carbonyl (C=O) groups is 3. The van der Waals surface area contributed by atoms with E-state index in [1.54, 1.807) is 23.1 Å². The maximum absolute atomic E-state index is 14.7. The predicted octanol–water partition coefficient (Wildman–Crippen LogP) is 4.46. The van der Waals surface area contributed by atoms with Crippen LogP contribution in [0.25, 0.3) is 0 Å². The largest absolute Gasteiger partial charge is 0.465 e. The van der Waals surface area contributed by atoms with E-state index in [-0.39, 0.29) is 37.5 Å². The first-order chi connectivity index (χ1) is 19.2. The summed E-state index contributed by atoms with van der Waals surface area (Å²) in [4.78, 5) is 45.5. The van der Waals surface area contributed by atoms with E-state index in [2.05, 4.69) is 13.2 Å². The molecular formula is C31H41ClN2O6. The van der Waals surface area contributed by atoms with Crippen LogP contribution in [0.15, 0.2) is 43.5 Å². The van der Waals surface area contributed by atoms with Crippen LogP contribution >= 0.6 is 11.6 Å². The molecule has 0 saturated carbocycles. The maximum Gasteiger partial charge on any atom is 0.312 e. The molecule has 4 rings (SSSR count). The number of anilines is 1. The van der Waals surface area contributed by atoms with E-state index in [1.165, 1.54) is 4.90 Å². The van der Waals surface area contributed by atoms with Gasteiger partial charge in [0.2, 0.25) is 5.91 Å². The van der Waals surface area contributed by atoms with Crippen molar-refractivity contribution in [2.45, 2.75) is 76.7 Å². The number of aliphatic hydroxyl groups is 1. The molecule has 1 aromatic carbocycles. The van der Waals surface area contributed by atoms with Crippen molar-refractivity contribution < 1.29 is 29.0 Å². The van der Waals surface area contributed by atoms with Crippen LogP contribution in [0.1, 0.15) is 51.5 Å². The zero-order valence-electron chi connectivity index (χ0n) is 23.7. The second kappa shape index (κ2) is 12.5. The molecule has 1 N–H and O–H groups in total. The van der Waals surface area contributed by atoms with Crippen LogP contribution in [0.2, 0.25) is 5.02 Å². The first kappa shape index (κ1) is 30.3. The molecule has 0 radical (unpaired) electrons. The minimum atomic E-state index is -1.21. The van der Waals surface area contributed by atoms with Gasteiger partial charge in [0.15, 0.2) is 0 Å². The summed E-state index contributed by atoms with van der Waals surface area (Å²) in [7, 11) is 0. The number of rotatable bonds is 13. The number of amides is 2. The van der Waals surface area contributed by atoms with Gasteiger partial charge in [-0.3, -0.25) is 14.4 Å². The number of allylic oxidation sites excluding steroid dienone is 1. The van der Waals surface area contributed by atoms with Crippen LogP contribution in [0.3, 0.4) is 0 Å². The third kappa shape index (κ3) is 4.99. The predicted molar refractivity (Wildman–Crippen MR) is 154 cm³/mol. The minimum Gasteiger partial charge on any atom is -0.465 e. The number of esters is 1. The lowest BCUT2D eigenvalue weighted by Crippen LogP contribution is -2.60. The van der Waals surface area contributed by atoms with Gasteiger partial charge in [0.25, 0.3) is 5.91 Å². The van der Waals surface area contributed by atoms with Crippen molar-refractivity contribution in [2.24, 2.45) is 17.8 Å². The Labute approximate surface area is 241 Å². The maximum atomic E-state index is 14.7. The van der Waals surface area contributed by atoms with Gasteiger partial charge in [-0.15, -0.1) is 13.2 Å². The lowest BCUT2D eigenvalue weighted by molar-refractivity contribution is -0.156.